The van der Waals surface area contributed by atoms with Crippen LogP contribution in [0.3, 0.4) is 0 Å². The summed E-state index contributed by atoms with van der Waals surface area (Å²) in [5, 5.41) is -0.739. The minimum atomic E-state index is -1.08. The van der Waals surface area contributed by atoms with Crippen molar-refractivity contribution in [1.82, 2.24) is 0 Å². The largest absolute Gasteiger partial charge is 0.462 e. The number of carbonyl (C=O) groups is 3. The molecule has 1 aromatic rings. The van der Waals surface area contributed by atoms with Crippen molar-refractivity contribution in [1.29, 1.82) is 0 Å². The number of hydrogen-bond acceptors (Lipinski definition) is 8. The number of hydrogen-bond donors (Lipinski definition) is 0. The lowest BCUT2D eigenvalue weighted by atomic mass is 9.94. The fraction of sp³-hybridized carbons (Fsp3) is 0.679. The van der Waals surface area contributed by atoms with Crippen LogP contribution in [0.5, 0.6) is 0 Å². The maximum absolute atomic E-state index is 13.0. The Labute approximate surface area is 228 Å². The summed E-state index contributed by atoms with van der Waals surface area (Å²) in [5.41, 5.74) is -1.49. The monoisotopic (exact) mass is 584 g/mol. The van der Waals surface area contributed by atoms with Crippen molar-refractivity contribution in [3.05, 3.63) is 35.9 Å². The lowest BCUT2D eigenvalue weighted by Crippen LogP contribution is -2.61. The Hall–Kier alpha value is -1.97. The van der Waals surface area contributed by atoms with E-state index in [1.807, 2.05) is 30.3 Å². The van der Waals surface area contributed by atoms with Gasteiger partial charge in [-0.25, -0.2) is 0 Å². The van der Waals surface area contributed by atoms with E-state index in [1.165, 1.54) is 0 Å². The van der Waals surface area contributed by atoms with Crippen LogP contribution in [0, 0.1) is 16.2 Å². The van der Waals surface area contributed by atoms with Gasteiger partial charge < -0.3 is 23.7 Å². The van der Waals surface area contributed by atoms with Gasteiger partial charge in [0.15, 0.2) is 12.2 Å². The molecule has 8 nitrogen and oxygen atoms in total. The Morgan fingerprint density at radius 3 is 1.73 bits per heavy atom. The third kappa shape index (κ3) is 9.07. The van der Waals surface area contributed by atoms with Crippen molar-refractivity contribution >= 4 is 33.8 Å². The molecule has 0 bridgehead atoms. The summed E-state index contributed by atoms with van der Waals surface area (Å²) >= 11 is 3.51. The summed E-state index contributed by atoms with van der Waals surface area (Å²) in [6.45, 7) is 15.6. The average Bonchev–Trinajstić information content (AvgIpc) is 2.77. The molecule has 0 aliphatic carbocycles. The molecule has 5 atom stereocenters. The highest BCUT2D eigenvalue weighted by Crippen LogP contribution is 2.35. The van der Waals surface area contributed by atoms with Crippen LogP contribution in [0.4, 0.5) is 0 Å². The standard InChI is InChI=1S/C28H41BrO8/c1-26(2,3)23(30)34-16-18-19(36-24(31)27(4,5)6)20(37-25(32)28(7,8)9)21(22(29)35-18)33-15-17-13-11-10-12-14-17/h10-14,18-22H,15-16H2,1-9H3/t18-,19-,20+,21-,22+/m1/s1. The van der Waals surface area contributed by atoms with Crippen LogP contribution >= 0.6 is 15.9 Å². The van der Waals surface area contributed by atoms with Crippen molar-refractivity contribution in [2.75, 3.05) is 6.61 Å². The van der Waals surface area contributed by atoms with Crippen molar-refractivity contribution in [2.24, 2.45) is 16.2 Å². The number of halogens is 1. The van der Waals surface area contributed by atoms with Gasteiger partial charge in [-0.2, -0.15) is 0 Å². The van der Waals surface area contributed by atoms with Crippen LogP contribution in [0.15, 0.2) is 30.3 Å². The first kappa shape index (κ1) is 31.2. The maximum Gasteiger partial charge on any atom is 0.311 e. The van der Waals surface area contributed by atoms with E-state index < -0.39 is 63.6 Å². The fourth-order valence-corrected chi connectivity index (χ4v) is 3.92. The molecule has 0 N–H and O–H groups in total. The molecular formula is C28H41BrO8. The highest BCUT2D eigenvalue weighted by atomic mass is 79.9. The topological polar surface area (TPSA) is 97.4 Å². The molecule has 1 aliphatic heterocycles. The molecule has 0 aromatic heterocycles. The summed E-state index contributed by atoms with van der Waals surface area (Å²) in [6.07, 6.45) is -3.84. The summed E-state index contributed by atoms with van der Waals surface area (Å²) in [4.78, 5) is 38.5. The highest BCUT2D eigenvalue weighted by molar-refractivity contribution is 9.09. The van der Waals surface area contributed by atoms with Crippen LogP contribution < -0.4 is 0 Å². The van der Waals surface area contributed by atoms with Crippen LogP contribution in [0.1, 0.15) is 67.9 Å². The van der Waals surface area contributed by atoms with E-state index in [0.29, 0.717) is 0 Å². The van der Waals surface area contributed by atoms with Crippen LogP contribution in [0.2, 0.25) is 0 Å². The first-order chi connectivity index (χ1) is 16.9. The van der Waals surface area contributed by atoms with Gasteiger partial charge in [0.05, 0.1) is 22.9 Å². The van der Waals surface area contributed by atoms with E-state index in [-0.39, 0.29) is 13.2 Å². The van der Waals surface area contributed by atoms with E-state index in [1.54, 1.807) is 62.3 Å². The molecule has 0 radical (unpaired) electrons. The van der Waals surface area contributed by atoms with Crippen molar-refractivity contribution in [3.8, 4) is 0 Å². The van der Waals surface area contributed by atoms with Crippen molar-refractivity contribution in [2.45, 2.75) is 98.3 Å². The molecule has 0 amide bonds. The van der Waals surface area contributed by atoms with Crippen LogP contribution in [-0.4, -0.2) is 53.9 Å². The maximum atomic E-state index is 13.0. The number of benzene rings is 1. The van der Waals surface area contributed by atoms with Gasteiger partial charge in [-0.05, 0) is 67.9 Å². The highest BCUT2D eigenvalue weighted by Gasteiger charge is 2.52. The second kappa shape index (κ2) is 12.3. The minimum absolute atomic E-state index is 0.199. The quantitative estimate of drug-likeness (QED) is 0.245. The molecule has 2 rings (SSSR count). The lowest BCUT2D eigenvalue weighted by Gasteiger charge is -2.44. The van der Waals surface area contributed by atoms with E-state index in [4.69, 9.17) is 23.7 Å². The Balaban J connectivity index is 2.43. The summed E-state index contributed by atoms with van der Waals surface area (Å²) in [5.74, 6) is -1.44. The van der Waals surface area contributed by atoms with E-state index >= 15 is 0 Å². The number of rotatable bonds is 7. The molecule has 0 unspecified atom stereocenters. The third-order valence-electron chi connectivity index (χ3n) is 5.56. The predicted octanol–water partition coefficient (Wildman–Crippen LogP) is 5.20. The van der Waals surface area contributed by atoms with Crippen molar-refractivity contribution < 1.29 is 38.1 Å². The zero-order chi connectivity index (χ0) is 28.2. The number of alkyl halides is 1. The molecule has 1 aliphatic rings. The van der Waals surface area contributed by atoms with Gasteiger partial charge >= 0.3 is 17.9 Å². The smallest absolute Gasteiger partial charge is 0.311 e. The van der Waals surface area contributed by atoms with Gasteiger partial charge in [0.1, 0.15) is 23.8 Å². The van der Waals surface area contributed by atoms with Crippen molar-refractivity contribution in [3.63, 3.8) is 0 Å². The molecule has 1 saturated heterocycles. The second-order valence-electron chi connectivity index (χ2n) is 12.4. The Morgan fingerprint density at radius 1 is 0.757 bits per heavy atom. The van der Waals surface area contributed by atoms with Crippen LogP contribution in [-0.2, 0) is 44.7 Å². The molecule has 1 fully saturated rings. The number of carbonyl (C=O) groups excluding carboxylic acids is 3. The predicted molar refractivity (Wildman–Crippen MR) is 142 cm³/mol. The number of ether oxygens (including phenoxy) is 5. The lowest BCUT2D eigenvalue weighted by molar-refractivity contribution is -0.247. The first-order valence-electron chi connectivity index (χ1n) is 12.5. The van der Waals surface area contributed by atoms with Gasteiger partial charge in [-0.3, -0.25) is 14.4 Å². The van der Waals surface area contributed by atoms with Gasteiger partial charge in [0, 0.05) is 0 Å². The number of esters is 3. The summed E-state index contributed by atoms with van der Waals surface area (Å²) in [7, 11) is 0. The van der Waals surface area contributed by atoms with E-state index in [9.17, 15) is 14.4 Å². The minimum Gasteiger partial charge on any atom is -0.462 e. The third-order valence-corrected chi connectivity index (χ3v) is 6.30. The summed E-state index contributed by atoms with van der Waals surface area (Å²) in [6, 6.07) is 9.52. The normalized spacial score (nSPS) is 24.8. The zero-order valence-corrected chi connectivity index (χ0v) is 24.9. The molecule has 37 heavy (non-hydrogen) atoms. The van der Waals surface area contributed by atoms with Gasteiger partial charge in [-0.1, -0.05) is 46.3 Å². The SMILES string of the molecule is CC(C)(C)C(=O)OC[C@H]1O[C@H](Br)[C@H](OCc2ccccc2)[C@@H](OC(=O)C(C)(C)C)[C@@H]1OC(=O)C(C)(C)C. The second-order valence-corrected chi connectivity index (χ2v) is 13.3. The molecule has 1 aromatic carbocycles. The molecule has 1 heterocycles. The molecule has 0 spiro atoms. The molecular weight excluding hydrogens is 544 g/mol. The first-order valence-corrected chi connectivity index (χ1v) is 13.4. The molecule has 208 valence electrons. The Kier molecular flexibility index (Phi) is 10.4. The molecule has 0 saturated carbocycles. The zero-order valence-electron chi connectivity index (χ0n) is 23.3. The van der Waals surface area contributed by atoms with E-state index in [2.05, 4.69) is 15.9 Å². The van der Waals surface area contributed by atoms with Gasteiger partial charge in [0.25, 0.3) is 0 Å². The Morgan fingerprint density at radius 2 is 1.24 bits per heavy atom. The fourth-order valence-electron chi connectivity index (χ4n) is 3.19. The van der Waals surface area contributed by atoms with Gasteiger partial charge in [-0.15, -0.1) is 0 Å². The van der Waals surface area contributed by atoms with E-state index in [0.717, 1.165) is 5.56 Å². The van der Waals surface area contributed by atoms with Crippen LogP contribution in [0.25, 0.3) is 0 Å². The molecule has 9 heteroatoms. The summed E-state index contributed by atoms with van der Waals surface area (Å²) < 4.78 is 29.7. The average molecular weight is 586 g/mol. The Bertz CT molecular complexity index is 926. The van der Waals surface area contributed by atoms with Gasteiger partial charge in [0.2, 0.25) is 0 Å².